The molecule has 0 fully saturated rings. The van der Waals surface area contributed by atoms with Crippen LogP contribution < -0.4 is 14.8 Å². The number of methoxy groups -OCH3 is 1. The summed E-state index contributed by atoms with van der Waals surface area (Å²) in [4.78, 5) is 12.3. The van der Waals surface area contributed by atoms with E-state index < -0.39 is 0 Å². The van der Waals surface area contributed by atoms with Crippen LogP contribution in [0.25, 0.3) is 0 Å². The van der Waals surface area contributed by atoms with Crippen LogP contribution in [0.2, 0.25) is 5.02 Å². The van der Waals surface area contributed by atoms with Crippen molar-refractivity contribution in [3.8, 4) is 11.5 Å². The molecule has 0 aliphatic rings. The molecular weight excluding hydrogens is 326 g/mol. The summed E-state index contributed by atoms with van der Waals surface area (Å²) >= 11 is 6.20. The number of hydrogen-bond donors (Lipinski definition) is 1. The quantitative estimate of drug-likeness (QED) is 0.822. The zero-order chi connectivity index (χ0) is 17.5. The SMILES string of the molecule is CCOc1c(Cl)cc(C(=O)NCCc2ccccc2C)cc1OC. The number of carbonyl (C=O) groups is 1. The highest BCUT2D eigenvalue weighted by molar-refractivity contribution is 6.32. The van der Waals surface area contributed by atoms with Crippen molar-refractivity contribution in [1.29, 1.82) is 0 Å². The molecule has 0 radical (unpaired) electrons. The maximum atomic E-state index is 12.3. The molecule has 0 saturated heterocycles. The van der Waals surface area contributed by atoms with Gasteiger partial charge in [-0.25, -0.2) is 0 Å². The van der Waals surface area contributed by atoms with Gasteiger partial charge in [0.15, 0.2) is 11.5 Å². The van der Waals surface area contributed by atoms with Gasteiger partial charge in [-0.15, -0.1) is 0 Å². The van der Waals surface area contributed by atoms with E-state index >= 15 is 0 Å². The maximum absolute atomic E-state index is 12.3. The minimum Gasteiger partial charge on any atom is -0.493 e. The molecule has 0 unspecified atom stereocenters. The molecule has 128 valence electrons. The summed E-state index contributed by atoms with van der Waals surface area (Å²) in [6.07, 6.45) is 0.778. The minimum absolute atomic E-state index is 0.188. The van der Waals surface area contributed by atoms with Gasteiger partial charge in [0.2, 0.25) is 0 Å². The van der Waals surface area contributed by atoms with Gasteiger partial charge in [-0.1, -0.05) is 35.9 Å². The van der Waals surface area contributed by atoms with Crippen LogP contribution in [-0.2, 0) is 6.42 Å². The predicted molar refractivity (Wildman–Crippen MR) is 96.4 cm³/mol. The van der Waals surface area contributed by atoms with Crippen molar-refractivity contribution < 1.29 is 14.3 Å². The van der Waals surface area contributed by atoms with E-state index in [9.17, 15) is 4.79 Å². The Labute approximate surface area is 147 Å². The number of halogens is 1. The van der Waals surface area contributed by atoms with Gasteiger partial charge >= 0.3 is 0 Å². The Morgan fingerprint density at radius 2 is 2.00 bits per heavy atom. The summed E-state index contributed by atoms with van der Waals surface area (Å²) in [6.45, 7) is 4.95. The lowest BCUT2D eigenvalue weighted by atomic mass is 10.1. The Morgan fingerprint density at radius 1 is 1.25 bits per heavy atom. The summed E-state index contributed by atoms with van der Waals surface area (Å²) in [6, 6.07) is 11.4. The van der Waals surface area contributed by atoms with E-state index in [-0.39, 0.29) is 5.91 Å². The molecule has 2 aromatic carbocycles. The highest BCUT2D eigenvalue weighted by Gasteiger charge is 2.15. The number of aryl methyl sites for hydroxylation is 1. The molecule has 24 heavy (non-hydrogen) atoms. The second kappa shape index (κ2) is 8.60. The van der Waals surface area contributed by atoms with Gasteiger partial charge in [0.25, 0.3) is 5.91 Å². The van der Waals surface area contributed by atoms with E-state index in [1.807, 2.05) is 19.1 Å². The maximum Gasteiger partial charge on any atom is 0.251 e. The molecular formula is C19H22ClNO3. The Balaban J connectivity index is 2.04. The molecule has 0 bridgehead atoms. The number of nitrogens with one attached hydrogen (secondary N) is 1. The Morgan fingerprint density at radius 3 is 2.67 bits per heavy atom. The summed E-state index contributed by atoms with van der Waals surface area (Å²) in [5.41, 5.74) is 2.89. The van der Waals surface area contributed by atoms with Crippen molar-refractivity contribution in [2.24, 2.45) is 0 Å². The number of amides is 1. The summed E-state index contributed by atoms with van der Waals surface area (Å²) in [7, 11) is 1.52. The van der Waals surface area contributed by atoms with Crippen molar-refractivity contribution in [3.63, 3.8) is 0 Å². The monoisotopic (exact) mass is 347 g/mol. The van der Waals surface area contributed by atoms with Gasteiger partial charge in [-0.2, -0.15) is 0 Å². The van der Waals surface area contributed by atoms with Gasteiger partial charge in [0.05, 0.1) is 18.7 Å². The first kappa shape index (κ1) is 18.1. The van der Waals surface area contributed by atoms with Crippen molar-refractivity contribution in [2.75, 3.05) is 20.3 Å². The number of carbonyl (C=O) groups excluding carboxylic acids is 1. The lowest BCUT2D eigenvalue weighted by molar-refractivity contribution is 0.0953. The molecule has 0 saturated carbocycles. The van der Waals surface area contributed by atoms with Crippen LogP contribution in [0.5, 0.6) is 11.5 Å². The zero-order valence-corrected chi connectivity index (χ0v) is 14.9. The van der Waals surface area contributed by atoms with Crippen LogP contribution in [0, 0.1) is 6.92 Å². The van der Waals surface area contributed by atoms with Crippen molar-refractivity contribution in [1.82, 2.24) is 5.32 Å². The predicted octanol–water partition coefficient (Wildman–Crippen LogP) is 4.03. The van der Waals surface area contributed by atoms with Crippen LogP contribution >= 0.6 is 11.6 Å². The number of benzene rings is 2. The smallest absolute Gasteiger partial charge is 0.251 e. The number of ether oxygens (including phenoxy) is 2. The molecule has 2 aromatic rings. The topological polar surface area (TPSA) is 47.6 Å². The minimum atomic E-state index is -0.188. The van der Waals surface area contributed by atoms with Crippen LogP contribution in [0.4, 0.5) is 0 Å². The Hall–Kier alpha value is -2.20. The first-order valence-corrected chi connectivity index (χ1v) is 8.27. The van der Waals surface area contributed by atoms with Gasteiger partial charge in [0.1, 0.15) is 0 Å². The van der Waals surface area contributed by atoms with Gasteiger partial charge in [0, 0.05) is 12.1 Å². The van der Waals surface area contributed by atoms with Crippen molar-refractivity contribution in [2.45, 2.75) is 20.3 Å². The van der Waals surface area contributed by atoms with Crippen LogP contribution in [0.1, 0.15) is 28.4 Å². The van der Waals surface area contributed by atoms with Crippen LogP contribution in [0.15, 0.2) is 36.4 Å². The molecule has 0 aliphatic carbocycles. The third-order valence-electron chi connectivity index (χ3n) is 3.72. The highest BCUT2D eigenvalue weighted by atomic mass is 35.5. The molecule has 0 aliphatic heterocycles. The summed E-state index contributed by atoms with van der Waals surface area (Å²) in [5, 5.41) is 3.27. The molecule has 5 heteroatoms. The Bertz CT molecular complexity index is 716. The average molecular weight is 348 g/mol. The summed E-state index contributed by atoms with van der Waals surface area (Å²) in [5.74, 6) is 0.721. The van der Waals surface area contributed by atoms with E-state index in [1.54, 1.807) is 12.1 Å². The zero-order valence-electron chi connectivity index (χ0n) is 14.2. The van der Waals surface area contributed by atoms with E-state index in [0.29, 0.717) is 35.2 Å². The number of rotatable bonds is 7. The van der Waals surface area contributed by atoms with E-state index in [0.717, 1.165) is 6.42 Å². The second-order valence-electron chi connectivity index (χ2n) is 5.35. The molecule has 4 nitrogen and oxygen atoms in total. The lowest BCUT2D eigenvalue weighted by Gasteiger charge is -2.13. The fourth-order valence-corrected chi connectivity index (χ4v) is 2.70. The molecule has 0 aromatic heterocycles. The molecule has 2 rings (SSSR count). The third kappa shape index (κ3) is 4.42. The normalized spacial score (nSPS) is 10.3. The fraction of sp³-hybridized carbons (Fsp3) is 0.316. The molecule has 1 amide bonds. The fourth-order valence-electron chi connectivity index (χ4n) is 2.44. The molecule has 1 N–H and O–H groups in total. The molecule has 0 heterocycles. The van der Waals surface area contributed by atoms with Crippen LogP contribution in [-0.4, -0.2) is 26.2 Å². The van der Waals surface area contributed by atoms with E-state index in [1.165, 1.54) is 18.2 Å². The van der Waals surface area contributed by atoms with Gasteiger partial charge in [-0.05, 0) is 43.5 Å². The third-order valence-corrected chi connectivity index (χ3v) is 4.00. The van der Waals surface area contributed by atoms with Crippen molar-refractivity contribution in [3.05, 3.63) is 58.1 Å². The average Bonchev–Trinajstić information content (AvgIpc) is 2.58. The number of hydrogen-bond acceptors (Lipinski definition) is 3. The van der Waals surface area contributed by atoms with Gasteiger partial charge in [-0.3, -0.25) is 4.79 Å². The van der Waals surface area contributed by atoms with E-state index in [4.69, 9.17) is 21.1 Å². The first-order valence-electron chi connectivity index (χ1n) is 7.89. The Kier molecular flexibility index (Phi) is 6.50. The molecule has 0 spiro atoms. The first-order chi connectivity index (χ1) is 11.6. The van der Waals surface area contributed by atoms with Crippen LogP contribution in [0.3, 0.4) is 0 Å². The largest absolute Gasteiger partial charge is 0.493 e. The standard InChI is InChI=1S/C19H22ClNO3/c1-4-24-18-16(20)11-15(12-17(18)23-3)19(22)21-10-9-14-8-6-5-7-13(14)2/h5-8,11-12H,4,9-10H2,1-3H3,(H,21,22). The van der Waals surface area contributed by atoms with E-state index in [2.05, 4.69) is 24.4 Å². The van der Waals surface area contributed by atoms with Crippen molar-refractivity contribution >= 4 is 17.5 Å². The highest BCUT2D eigenvalue weighted by Crippen LogP contribution is 2.36. The lowest BCUT2D eigenvalue weighted by Crippen LogP contribution is -2.26. The summed E-state index contributed by atoms with van der Waals surface area (Å²) < 4.78 is 10.7. The van der Waals surface area contributed by atoms with Gasteiger partial charge < -0.3 is 14.8 Å². The second-order valence-corrected chi connectivity index (χ2v) is 5.76. The molecule has 0 atom stereocenters.